The molecule has 14 heteroatoms. The van der Waals surface area contributed by atoms with Gasteiger partial charge >= 0.3 is 0 Å². The van der Waals surface area contributed by atoms with Crippen LogP contribution in [0, 0.1) is 27.9 Å². The number of ether oxygens (including phenoxy) is 1. The number of phenols is 1. The Bertz CT molecular complexity index is 1620. The number of aromatic hydroxyl groups is 1. The fraction of sp³-hybridized carbons (Fsp3) is 0.357. The summed E-state index contributed by atoms with van der Waals surface area (Å²) in [6.07, 6.45) is 1.65. The van der Waals surface area contributed by atoms with E-state index >= 15 is 0 Å². The predicted octanol–water partition coefficient (Wildman–Crippen LogP) is 4.22. The minimum absolute atomic E-state index is 0.123. The molecule has 2 aliphatic carbocycles. The lowest BCUT2D eigenvalue weighted by Gasteiger charge is -2.50. The zero-order chi connectivity index (χ0) is 30.3. The highest BCUT2D eigenvalue weighted by Crippen LogP contribution is 2.66. The van der Waals surface area contributed by atoms with E-state index in [2.05, 4.69) is 15.9 Å². The van der Waals surface area contributed by atoms with Crippen molar-refractivity contribution in [1.82, 2.24) is 4.90 Å². The average Bonchev–Trinajstić information content (AvgIpc) is 3.31. The number of nitrogens with zero attached hydrogens (tertiary/aromatic N) is 3. The molecular formula is C28H22BrCl2N3O8. The first kappa shape index (κ1) is 28.6. The summed E-state index contributed by atoms with van der Waals surface area (Å²) in [5.74, 6) is -6.12. The van der Waals surface area contributed by atoms with Gasteiger partial charge in [-0.15, -0.1) is 23.2 Å². The molecule has 6 atom stereocenters. The van der Waals surface area contributed by atoms with Crippen LogP contribution >= 0.6 is 39.1 Å². The van der Waals surface area contributed by atoms with Crippen LogP contribution in [-0.4, -0.2) is 60.9 Å². The summed E-state index contributed by atoms with van der Waals surface area (Å²) in [5, 5.41) is 22.1. The number of rotatable bonds is 5. The van der Waals surface area contributed by atoms with Crippen LogP contribution in [0.5, 0.6) is 11.5 Å². The normalized spacial score (nSPS) is 32.0. The second kappa shape index (κ2) is 9.78. The Labute approximate surface area is 257 Å². The van der Waals surface area contributed by atoms with Crippen molar-refractivity contribution in [2.75, 3.05) is 17.5 Å². The van der Waals surface area contributed by atoms with Crippen molar-refractivity contribution in [2.24, 2.45) is 17.8 Å². The number of benzene rings is 2. The van der Waals surface area contributed by atoms with Crippen LogP contribution in [-0.2, 0) is 19.2 Å². The van der Waals surface area contributed by atoms with Crippen LogP contribution in [0.15, 0.2) is 54.1 Å². The summed E-state index contributed by atoms with van der Waals surface area (Å²) in [6.45, 7) is 0. The van der Waals surface area contributed by atoms with Crippen LogP contribution < -0.4 is 9.64 Å². The first-order valence-electron chi connectivity index (χ1n) is 12.9. The summed E-state index contributed by atoms with van der Waals surface area (Å²) < 4.78 is 5.36. The summed E-state index contributed by atoms with van der Waals surface area (Å²) in [6, 6.07) is 9.48. The van der Waals surface area contributed by atoms with Crippen molar-refractivity contribution in [3.63, 3.8) is 0 Å². The standard InChI is InChI=1S/C28H22BrCl2N3O8/c1-42-15-6-9-20(35)18(10-15)22-16-7-8-17-21(19(16)11-27(30)25(38)32(12-29)26(39)28(22,27)31)24(37)33(23(17)36)13-2-4-14(5-3-13)34(40)41/h2-7,9-10,17,19,21-22,35H,8,11-12H2,1H3. The predicted molar refractivity (Wildman–Crippen MR) is 154 cm³/mol. The lowest BCUT2D eigenvalue weighted by molar-refractivity contribution is -0.384. The fourth-order valence-corrected chi connectivity index (χ4v) is 8.38. The third-order valence-electron chi connectivity index (χ3n) is 8.88. The summed E-state index contributed by atoms with van der Waals surface area (Å²) in [5.41, 5.74) is 0.497. The van der Waals surface area contributed by atoms with Crippen molar-refractivity contribution in [2.45, 2.75) is 28.5 Å². The van der Waals surface area contributed by atoms with Gasteiger partial charge in [-0.05, 0) is 49.1 Å². The largest absolute Gasteiger partial charge is 0.508 e. The molecule has 0 bridgehead atoms. The third-order valence-corrected chi connectivity index (χ3v) is 10.8. The van der Waals surface area contributed by atoms with Gasteiger partial charge in [0.25, 0.3) is 17.5 Å². The maximum atomic E-state index is 14.0. The number of anilines is 1. The number of carbonyl (C=O) groups is 4. The van der Waals surface area contributed by atoms with Gasteiger partial charge in [0.1, 0.15) is 11.5 Å². The van der Waals surface area contributed by atoms with Crippen molar-refractivity contribution in [3.05, 3.63) is 69.8 Å². The van der Waals surface area contributed by atoms with Gasteiger partial charge in [-0.3, -0.25) is 39.1 Å². The molecule has 4 aliphatic rings. The Hall–Kier alpha value is -3.48. The Morgan fingerprint density at radius 2 is 1.76 bits per heavy atom. The van der Waals surface area contributed by atoms with E-state index in [0.717, 1.165) is 9.80 Å². The van der Waals surface area contributed by atoms with E-state index in [1.165, 1.54) is 49.6 Å². The average molecular weight is 679 g/mol. The fourth-order valence-electron chi connectivity index (χ4n) is 6.97. The van der Waals surface area contributed by atoms with Gasteiger partial charge in [-0.2, -0.15) is 0 Å². The highest BCUT2D eigenvalue weighted by molar-refractivity contribution is 9.09. The molecule has 2 aromatic rings. The van der Waals surface area contributed by atoms with Gasteiger partial charge in [0.05, 0.1) is 35.0 Å². The first-order valence-corrected chi connectivity index (χ1v) is 14.8. The van der Waals surface area contributed by atoms with E-state index in [-0.39, 0.29) is 41.0 Å². The topological polar surface area (TPSA) is 147 Å². The van der Waals surface area contributed by atoms with Crippen LogP contribution in [0.25, 0.3) is 0 Å². The Morgan fingerprint density at radius 3 is 2.38 bits per heavy atom. The number of amides is 4. The number of non-ortho nitro benzene ring substituents is 1. The monoisotopic (exact) mass is 677 g/mol. The van der Waals surface area contributed by atoms with Crippen LogP contribution in [0.2, 0.25) is 0 Å². The molecule has 0 aromatic heterocycles. The minimum atomic E-state index is -2.07. The van der Waals surface area contributed by atoms with Crippen molar-refractivity contribution >= 4 is 74.1 Å². The third kappa shape index (κ3) is 3.64. The molecule has 218 valence electrons. The van der Waals surface area contributed by atoms with Crippen molar-refractivity contribution < 1.29 is 33.9 Å². The maximum Gasteiger partial charge on any atom is 0.269 e. The quantitative estimate of drug-likeness (QED) is 0.123. The van der Waals surface area contributed by atoms with Gasteiger partial charge < -0.3 is 9.84 Å². The molecule has 1 saturated carbocycles. The van der Waals surface area contributed by atoms with E-state index in [1.54, 1.807) is 6.08 Å². The Balaban J connectivity index is 1.51. The number of likely N-dealkylation sites (tertiary alicyclic amines) is 1. The molecule has 2 saturated heterocycles. The van der Waals surface area contributed by atoms with Gasteiger partial charge in [-0.25, -0.2) is 0 Å². The van der Waals surface area contributed by atoms with E-state index in [4.69, 9.17) is 27.9 Å². The molecule has 0 spiro atoms. The molecule has 4 amide bonds. The first-order chi connectivity index (χ1) is 19.9. The number of alkyl halides is 3. The van der Waals surface area contributed by atoms with Gasteiger partial charge in [0.15, 0.2) is 9.75 Å². The van der Waals surface area contributed by atoms with Gasteiger partial charge in [0, 0.05) is 23.6 Å². The Morgan fingerprint density at radius 1 is 1.07 bits per heavy atom. The lowest BCUT2D eigenvalue weighted by atomic mass is 9.56. The number of imide groups is 2. The number of hydrogen-bond donors (Lipinski definition) is 1. The molecule has 0 radical (unpaired) electrons. The number of fused-ring (bicyclic) bond motifs is 4. The molecule has 3 fully saturated rings. The number of allylic oxidation sites excluding steroid dienone is 2. The molecule has 42 heavy (non-hydrogen) atoms. The summed E-state index contributed by atoms with van der Waals surface area (Å²) in [7, 11) is 1.43. The second-order valence-corrected chi connectivity index (χ2v) is 12.4. The smallest absolute Gasteiger partial charge is 0.269 e. The minimum Gasteiger partial charge on any atom is -0.508 e. The zero-order valence-electron chi connectivity index (χ0n) is 21.8. The van der Waals surface area contributed by atoms with E-state index < -0.39 is 62.0 Å². The van der Waals surface area contributed by atoms with Crippen molar-refractivity contribution in [1.29, 1.82) is 0 Å². The number of methoxy groups -OCH3 is 1. The maximum absolute atomic E-state index is 14.0. The SMILES string of the molecule is COc1ccc(O)c(C2C3=CCC4C(=O)N(c5ccc([N+](=O)[O-])cc5)C(=O)C4C3CC3(Cl)C(=O)N(CBr)C(=O)C23Cl)c1. The lowest BCUT2D eigenvalue weighted by Crippen LogP contribution is -2.60. The van der Waals surface area contributed by atoms with Crippen LogP contribution in [0.4, 0.5) is 11.4 Å². The number of halogens is 3. The molecule has 2 aliphatic heterocycles. The van der Waals surface area contributed by atoms with Crippen LogP contribution in [0.3, 0.4) is 0 Å². The molecule has 6 rings (SSSR count). The molecule has 6 unspecified atom stereocenters. The number of nitro groups is 1. The summed E-state index contributed by atoms with van der Waals surface area (Å²) >= 11 is 17.5. The van der Waals surface area contributed by atoms with E-state index in [9.17, 15) is 34.4 Å². The molecule has 2 aromatic carbocycles. The van der Waals surface area contributed by atoms with E-state index in [1.807, 2.05) is 0 Å². The molecule has 2 heterocycles. The second-order valence-electron chi connectivity index (χ2n) is 10.7. The molecule has 1 N–H and O–H groups in total. The highest BCUT2D eigenvalue weighted by Gasteiger charge is 2.76. The van der Waals surface area contributed by atoms with Gasteiger partial charge in [0.2, 0.25) is 11.8 Å². The highest BCUT2D eigenvalue weighted by atomic mass is 79.9. The number of phenolic OH excluding ortho intramolecular Hbond substituents is 1. The number of carbonyl (C=O) groups excluding carboxylic acids is 4. The molecular weight excluding hydrogens is 657 g/mol. The number of nitro benzene ring substituents is 1. The van der Waals surface area contributed by atoms with E-state index in [0.29, 0.717) is 11.3 Å². The molecule has 11 nitrogen and oxygen atoms in total. The zero-order valence-corrected chi connectivity index (χ0v) is 24.9. The Kier molecular flexibility index (Phi) is 6.67. The van der Waals surface area contributed by atoms with Crippen molar-refractivity contribution in [3.8, 4) is 11.5 Å². The number of hydrogen-bond acceptors (Lipinski definition) is 8. The van der Waals surface area contributed by atoms with Gasteiger partial charge in [-0.1, -0.05) is 27.6 Å². The summed E-state index contributed by atoms with van der Waals surface area (Å²) in [4.78, 5) is 63.5. The van der Waals surface area contributed by atoms with Crippen LogP contribution in [0.1, 0.15) is 24.3 Å².